The summed E-state index contributed by atoms with van der Waals surface area (Å²) in [4.78, 5) is 15.6. The van der Waals surface area contributed by atoms with Gasteiger partial charge in [0.25, 0.3) is 0 Å². The minimum absolute atomic E-state index is 0.0162. The maximum atomic E-state index is 12.2. The maximum absolute atomic E-state index is 12.2. The number of hydrogen-bond donors (Lipinski definition) is 1. The van der Waals surface area contributed by atoms with E-state index in [1.165, 1.54) is 11.8 Å². The predicted octanol–water partition coefficient (Wildman–Crippen LogP) is 3.51. The van der Waals surface area contributed by atoms with Gasteiger partial charge in [0, 0.05) is 5.69 Å². The van der Waals surface area contributed by atoms with Crippen LogP contribution in [0.25, 0.3) is 22.6 Å². The van der Waals surface area contributed by atoms with Gasteiger partial charge in [0.05, 0.1) is 27.7 Å². The first-order chi connectivity index (χ1) is 13.8. The van der Waals surface area contributed by atoms with E-state index in [0.717, 1.165) is 28.3 Å². The highest BCUT2D eigenvalue weighted by Crippen LogP contribution is 2.27. The van der Waals surface area contributed by atoms with E-state index >= 15 is 0 Å². The Morgan fingerprint density at radius 3 is 2.69 bits per heavy atom. The molecule has 1 aromatic carbocycles. The van der Waals surface area contributed by atoms with E-state index in [4.69, 9.17) is 4.74 Å². The van der Waals surface area contributed by atoms with Crippen molar-refractivity contribution in [2.75, 3.05) is 17.9 Å². The molecular formula is C20H23N3O4S2. The van der Waals surface area contributed by atoms with E-state index in [1.807, 2.05) is 37.4 Å². The third kappa shape index (κ3) is 4.91. The number of aryl methyl sites for hydroxylation is 1. The molecule has 0 spiro atoms. The number of carbonyl (C=O) groups is 1. The van der Waals surface area contributed by atoms with E-state index in [-0.39, 0.29) is 18.3 Å². The highest BCUT2D eigenvalue weighted by molar-refractivity contribution is 7.98. The van der Waals surface area contributed by atoms with Crippen LogP contribution in [-0.2, 0) is 25.9 Å². The fourth-order valence-electron chi connectivity index (χ4n) is 2.91. The molecule has 0 saturated carbocycles. The van der Waals surface area contributed by atoms with Crippen LogP contribution in [0.3, 0.4) is 0 Å². The lowest BCUT2D eigenvalue weighted by atomic mass is 10.2. The van der Waals surface area contributed by atoms with Gasteiger partial charge in [0.15, 0.2) is 9.84 Å². The fourth-order valence-corrected chi connectivity index (χ4v) is 4.09. The largest absolute Gasteiger partial charge is 0.453 e. The summed E-state index contributed by atoms with van der Waals surface area (Å²) in [6.45, 7) is 3.50. The van der Waals surface area contributed by atoms with Crippen molar-refractivity contribution in [2.24, 2.45) is 0 Å². The van der Waals surface area contributed by atoms with Gasteiger partial charge in [-0.25, -0.2) is 8.42 Å². The first kappa shape index (κ1) is 21.2. The van der Waals surface area contributed by atoms with Crippen LogP contribution in [0.5, 0.6) is 0 Å². The maximum Gasteiger partial charge on any atom is 0.328 e. The number of esters is 1. The van der Waals surface area contributed by atoms with Crippen molar-refractivity contribution < 1.29 is 17.9 Å². The van der Waals surface area contributed by atoms with Crippen LogP contribution in [0.4, 0.5) is 0 Å². The average Bonchev–Trinajstić information content (AvgIpc) is 3.33. The minimum atomic E-state index is -3.28. The highest BCUT2D eigenvalue weighted by Gasteiger charge is 2.16. The van der Waals surface area contributed by atoms with Crippen molar-refractivity contribution in [2.45, 2.75) is 25.3 Å². The normalized spacial score (nSPS) is 11.6. The summed E-state index contributed by atoms with van der Waals surface area (Å²) in [7, 11) is -3.28. The summed E-state index contributed by atoms with van der Waals surface area (Å²) < 4.78 is 31.1. The van der Waals surface area contributed by atoms with Gasteiger partial charge >= 0.3 is 5.97 Å². The zero-order valence-corrected chi connectivity index (χ0v) is 18.1. The summed E-state index contributed by atoms with van der Waals surface area (Å²) >= 11 is 1.43. The van der Waals surface area contributed by atoms with E-state index < -0.39 is 9.84 Å². The second-order valence-electron chi connectivity index (χ2n) is 6.47. The Morgan fingerprint density at radius 1 is 1.21 bits per heavy atom. The number of ether oxygens (including phenoxy) is 1. The van der Waals surface area contributed by atoms with Crippen LogP contribution in [0.1, 0.15) is 12.6 Å². The molecule has 29 heavy (non-hydrogen) atoms. The first-order valence-corrected chi connectivity index (χ1v) is 12.1. The van der Waals surface area contributed by atoms with Gasteiger partial charge in [0.1, 0.15) is 12.5 Å². The Bertz CT molecular complexity index is 1120. The van der Waals surface area contributed by atoms with Crippen LogP contribution >= 0.6 is 11.8 Å². The minimum Gasteiger partial charge on any atom is -0.453 e. The molecule has 154 valence electrons. The van der Waals surface area contributed by atoms with Crippen LogP contribution in [0.15, 0.2) is 47.4 Å². The van der Waals surface area contributed by atoms with Gasteiger partial charge in [-0.1, -0.05) is 19.1 Å². The van der Waals surface area contributed by atoms with Gasteiger partial charge in [-0.15, -0.1) is 11.8 Å². The number of nitrogens with one attached hydrogen (secondary N) is 1. The number of sulfone groups is 1. The first-order valence-electron chi connectivity index (χ1n) is 9.05. The molecule has 3 aromatic rings. The van der Waals surface area contributed by atoms with Crippen molar-refractivity contribution >= 4 is 27.6 Å². The summed E-state index contributed by atoms with van der Waals surface area (Å²) in [5.74, 6) is 0.00300. The molecule has 0 bridgehead atoms. The van der Waals surface area contributed by atoms with E-state index in [2.05, 4.69) is 10.1 Å². The quantitative estimate of drug-likeness (QED) is 0.432. The van der Waals surface area contributed by atoms with Crippen molar-refractivity contribution in [1.82, 2.24) is 14.8 Å². The van der Waals surface area contributed by atoms with E-state index in [9.17, 15) is 13.2 Å². The van der Waals surface area contributed by atoms with Crippen molar-refractivity contribution in [1.29, 1.82) is 0 Å². The Kier molecular flexibility index (Phi) is 6.49. The van der Waals surface area contributed by atoms with Crippen LogP contribution in [0, 0.1) is 6.92 Å². The number of carbonyl (C=O) groups excluding carboxylic acids is 1. The Balaban J connectivity index is 1.90. The van der Waals surface area contributed by atoms with Gasteiger partial charge < -0.3 is 9.72 Å². The lowest BCUT2D eigenvalue weighted by Gasteiger charge is -2.07. The van der Waals surface area contributed by atoms with Crippen molar-refractivity contribution in [3.63, 3.8) is 0 Å². The molecule has 0 aliphatic heterocycles. The van der Waals surface area contributed by atoms with E-state index in [0.29, 0.717) is 10.8 Å². The third-order valence-electron chi connectivity index (χ3n) is 4.36. The molecule has 0 aliphatic rings. The highest BCUT2D eigenvalue weighted by atomic mass is 32.2. The molecule has 0 atom stereocenters. The molecular weight excluding hydrogens is 410 g/mol. The summed E-state index contributed by atoms with van der Waals surface area (Å²) in [5.41, 5.74) is 3.87. The van der Waals surface area contributed by atoms with Crippen molar-refractivity contribution in [3.05, 3.63) is 48.2 Å². The van der Waals surface area contributed by atoms with Gasteiger partial charge in [-0.05, 0) is 49.1 Å². The molecule has 7 nitrogen and oxygen atoms in total. The standard InChI is InChI=1S/C20H23N3O4S2/c1-4-29(25,26)16-7-5-6-15(11-16)17-8-9-18(21-17)19-10-14(2)22-23(19)12-20(24)27-13-28-3/h5-11,21H,4,12-13H2,1-3H3. The number of aromatic amines is 1. The summed E-state index contributed by atoms with van der Waals surface area (Å²) in [6, 6.07) is 12.5. The topological polar surface area (TPSA) is 94.1 Å². The average molecular weight is 434 g/mol. The van der Waals surface area contributed by atoms with Crippen molar-refractivity contribution in [3.8, 4) is 22.6 Å². The number of aromatic nitrogens is 3. The molecule has 0 fully saturated rings. The summed E-state index contributed by atoms with van der Waals surface area (Å²) in [6.07, 6.45) is 1.86. The van der Waals surface area contributed by atoms with Gasteiger partial charge in [-0.3, -0.25) is 9.48 Å². The van der Waals surface area contributed by atoms with Gasteiger partial charge in [-0.2, -0.15) is 5.10 Å². The molecule has 0 saturated heterocycles. The lowest BCUT2D eigenvalue weighted by Crippen LogP contribution is -2.15. The molecule has 3 rings (SSSR count). The molecule has 1 N–H and O–H groups in total. The Morgan fingerprint density at radius 2 is 1.97 bits per heavy atom. The SMILES string of the molecule is CCS(=O)(=O)c1cccc(-c2ccc(-c3cc(C)nn3CC(=O)OCSC)[nH]2)c1. The fraction of sp³-hybridized carbons (Fsp3) is 0.300. The molecule has 2 aromatic heterocycles. The number of nitrogens with zero attached hydrogens (tertiary/aromatic N) is 2. The number of rotatable bonds is 8. The second-order valence-corrected chi connectivity index (χ2v) is 9.56. The Labute approximate surface area is 174 Å². The number of thioether (sulfide) groups is 1. The van der Waals surface area contributed by atoms with Crippen LogP contribution < -0.4 is 0 Å². The monoisotopic (exact) mass is 433 g/mol. The number of hydrogen-bond acceptors (Lipinski definition) is 6. The lowest BCUT2D eigenvalue weighted by molar-refractivity contribution is -0.142. The number of benzene rings is 1. The van der Waals surface area contributed by atoms with Crippen LogP contribution in [0.2, 0.25) is 0 Å². The van der Waals surface area contributed by atoms with E-state index in [1.54, 1.807) is 29.8 Å². The zero-order chi connectivity index (χ0) is 21.0. The second kappa shape index (κ2) is 8.87. The molecule has 0 amide bonds. The smallest absolute Gasteiger partial charge is 0.328 e. The molecule has 0 radical (unpaired) electrons. The van der Waals surface area contributed by atoms with Gasteiger partial charge in [0.2, 0.25) is 0 Å². The molecule has 2 heterocycles. The Hall–Kier alpha value is -2.52. The molecule has 0 aliphatic carbocycles. The summed E-state index contributed by atoms with van der Waals surface area (Å²) in [5, 5.41) is 4.38. The van der Waals surface area contributed by atoms with Crippen LogP contribution in [-0.4, -0.2) is 47.1 Å². The molecule has 0 unspecified atom stereocenters. The third-order valence-corrected chi connectivity index (χ3v) is 6.45. The zero-order valence-electron chi connectivity index (χ0n) is 16.5. The predicted molar refractivity (Wildman–Crippen MR) is 114 cm³/mol. The number of H-pyrrole nitrogens is 1. The molecule has 9 heteroatoms.